The highest BCUT2D eigenvalue weighted by atomic mass is 16.6. The van der Waals surface area contributed by atoms with E-state index in [0.29, 0.717) is 0 Å². The minimum Gasteiger partial charge on any atom is -0.375 e. The van der Waals surface area contributed by atoms with Crippen molar-refractivity contribution in [1.82, 2.24) is 9.80 Å². The van der Waals surface area contributed by atoms with Crippen molar-refractivity contribution >= 4 is 0 Å². The molecule has 4 rings (SSSR count). The lowest BCUT2D eigenvalue weighted by molar-refractivity contribution is -0.135. The van der Waals surface area contributed by atoms with E-state index in [-0.39, 0.29) is 23.4 Å². The van der Waals surface area contributed by atoms with E-state index in [2.05, 4.69) is 23.6 Å². The molecule has 0 radical (unpaired) electrons. The number of nitrogens with zero attached hydrogens (tertiary/aromatic N) is 2. The first-order valence-electron chi connectivity index (χ1n) is 12.6. The lowest BCUT2D eigenvalue weighted by Crippen LogP contribution is -2.55. The zero-order valence-corrected chi connectivity index (χ0v) is 19.4. The van der Waals surface area contributed by atoms with Crippen molar-refractivity contribution in [1.29, 1.82) is 0 Å². The van der Waals surface area contributed by atoms with Gasteiger partial charge in [-0.25, -0.2) is 0 Å². The van der Waals surface area contributed by atoms with E-state index in [1.807, 2.05) is 0 Å². The Morgan fingerprint density at radius 2 is 1.07 bits per heavy atom. The van der Waals surface area contributed by atoms with E-state index < -0.39 is 0 Å². The molecule has 0 aromatic heterocycles. The second kappa shape index (κ2) is 10.6. The SMILES string of the molecule is CC1OCCC12CN(CCCCCCCCN1CCOC3(CCOC3C)C1)CCO2. The Balaban J connectivity index is 1.03. The summed E-state index contributed by atoms with van der Waals surface area (Å²) >= 11 is 0. The number of ether oxygens (including phenoxy) is 4. The molecular weight excluding hydrogens is 380 g/mol. The van der Waals surface area contributed by atoms with Crippen LogP contribution in [0.5, 0.6) is 0 Å². The first kappa shape index (κ1) is 22.9. The van der Waals surface area contributed by atoms with Gasteiger partial charge in [0.2, 0.25) is 0 Å². The summed E-state index contributed by atoms with van der Waals surface area (Å²) in [5.74, 6) is 0. The Bertz CT molecular complexity index is 489. The molecule has 0 aliphatic carbocycles. The van der Waals surface area contributed by atoms with Gasteiger partial charge in [-0.1, -0.05) is 25.7 Å². The second-order valence-electron chi connectivity index (χ2n) is 10.0. The third-order valence-electron chi connectivity index (χ3n) is 8.04. The van der Waals surface area contributed by atoms with Crippen molar-refractivity contribution in [2.24, 2.45) is 0 Å². The Kier molecular flexibility index (Phi) is 8.09. The highest BCUT2D eigenvalue weighted by Crippen LogP contribution is 2.34. The lowest BCUT2D eigenvalue weighted by Gasteiger charge is -2.42. The summed E-state index contributed by atoms with van der Waals surface area (Å²) in [5, 5.41) is 0. The Hall–Kier alpha value is -0.240. The molecule has 4 fully saturated rings. The summed E-state index contributed by atoms with van der Waals surface area (Å²) < 4.78 is 23.8. The fourth-order valence-electron chi connectivity index (χ4n) is 5.84. The molecule has 2 spiro atoms. The maximum Gasteiger partial charge on any atom is 0.109 e. The molecule has 0 bridgehead atoms. The molecule has 30 heavy (non-hydrogen) atoms. The minimum absolute atomic E-state index is 0.0290. The first-order chi connectivity index (χ1) is 14.6. The highest BCUT2D eigenvalue weighted by molar-refractivity contribution is 4.97. The highest BCUT2D eigenvalue weighted by Gasteiger charge is 2.46. The summed E-state index contributed by atoms with van der Waals surface area (Å²) in [7, 11) is 0. The van der Waals surface area contributed by atoms with Gasteiger partial charge in [0.1, 0.15) is 11.2 Å². The van der Waals surface area contributed by atoms with Gasteiger partial charge in [-0.2, -0.15) is 0 Å². The van der Waals surface area contributed by atoms with Crippen molar-refractivity contribution < 1.29 is 18.9 Å². The molecule has 174 valence electrons. The van der Waals surface area contributed by atoms with E-state index >= 15 is 0 Å². The average molecular weight is 425 g/mol. The molecule has 6 nitrogen and oxygen atoms in total. The standard InChI is InChI=1S/C24H44N2O4/c1-21-23(9-15-27-21)19-25(13-17-29-23)11-7-5-3-4-6-8-12-26-14-18-30-24(20-26)10-16-28-22(24)2/h21-22H,3-20H2,1-2H3. The Morgan fingerprint density at radius 1 is 0.633 bits per heavy atom. The van der Waals surface area contributed by atoms with Crippen LogP contribution < -0.4 is 0 Å². The maximum absolute atomic E-state index is 6.14. The molecule has 4 unspecified atom stereocenters. The maximum atomic E-state index is 6.14. The summed E-state index contributed by atoms with van der Waals surface area (Å²) in [6, 6.07) is 0. The Morgan fingerprint density at radius 3 is 1.47 bits per heavy atom. The van der Waals surface area contributed by atoms with Gasteiger partial charge in [-0.15, -0.1) is 0 Å². The summed E-state index contributed by atoms with van der Waals surface area (Å²) in [6.45, 7) is 14.5. The number of unbranched alkanes of at least 4 members (excludes halogenated alkanes) is 5. The van der Waals surface area contributed by atoms with Crippen LogP contribution in [0.1, 0.15) is 65.2 Å². The third kappa shape index (κ3) is 5.38. The van der Waals surface area contributed by atoms with Crippen molar-refractivity contribution in [2.75, 3.05) is 65.7 Å². The second-order valence-corrected chi connectivity index (χ2v) is 10.0. The average Bonchev–Trinajstić information content (AvgIpc) is 3.26. The van der Waals surface area contributed by atoms with Crippen LogP contribution in [-0.4, -0.2) is 98.9 Å². The Labute approximate surface area is 183 Å². The number of rotatable bonds is 9. The van der Waals surface area contributed by atoms with Crippen LogP contribution in [0, 0.1) is 0 Å². The van der Waals surface area contributed by atoms with Gasteiger partial charge in [-0.3, -0.25) is 9.80 Å². The van der Waals surface area contributed by atoms with Crippen molar-refractivity contribution in [3.8, 4) is 0 Å². The number of hydrogen-bond donors (Lipinski definition) is 0. The van der Waals surface area contributed by atoms with Crippen LogP contribution in [0.25, 0.3) is 0 Å². The smallest absolute Gasteiger partial charge is 0.109 e. The first-order valence-corrected chi connectivity index (χ1v) is 12.6. The predicted molar refractivity (Wildman–Crippen MR) is 118 cm³/mol. The van der Waals surface area contributed by atoms with Crippen molar-refractivity contribution in [3.63, 3.8) is 0 Å². The molecule has 4 atom stereocenters. The molecule has 4 heterocycles. The van der Waals surface area contributed by atoms with Gasteiger partial charge < -0.3 is 18.9 Å². The lowest BCUT2D eigenvalue weighted by atomic mass is 9.94. The zero-order chi connectivity index (χ0) is 20.9. The molecule has 0 amide bonds. The monoisotopic (exact) mass is 424 g/mol. The normalized spacial score (nSPS) is 38.2. The molecule has 0 aromatic rings. The molecule has 0 N–H and O–H groups in total. The van der Waals surface area contributed by atoms with Gasteiger partial charge in [0, 0.05) is 52.2 Å². The zero-order valence-electron chi connectivity index (χ0n) is 19.4. The molecular formula is C24H44N2O4. The van der Waals surface area contributed by atoms with E-state index in [1.54, 1.807) is 0 Å². The van der Waals surface area contributed by atoms with E-state index in [4.69, 9.17) is 18.9 Å². The van der Waals surface area contributed by atoms with Crippen LogP contribution in [0.2, 0.25) is 0 Å². The number of hydrogen-bond acceptors (Lipinski definition) is 6. The van der Waals surface area contributed by atoms with Gasteiger partial charge in [0.15, 0.2) is 0 Å². The fraction of sp³-hybridized carbons (Fsp3) is 1.00. The quantitative estimate of drug-likeness (QED) is 0.530. The molecule has 4 saturated heterocycles. The molecule has 0 aromatic carbocycles. The predicted octanol–water partition coefficient (Wildman–Crippen LogP) is 3.09. The van der Waals surface area contributed by atoms with Crippen molar-refractivity contribution in [3.05, 3.63) is 0 Å². The summed E-state index contributed by atoms with van der Waals surface area (Å²) in [6.07, 6.45) is 10.7. The minimum atomic E-state index is -0.0290. The van der Waals surface area contributed by atoms with Crippen LogP contribution in [0.15, 0.2) is 0 Å². The van der Waals surface area contributed by atoms with Gasteiger partial charge in [0.05, 0.1) is 25.4 Å². The van der Waals surface area contributed by atoms with Crippen LogP contribution in [0.3, 0.4) is 0 Å². The van der Waals surface area contributed by atoms with Crippen LogP contribution in [0.4, 0.5) is 0 Å². The molecule has 4 aliphatic rings. The molecule has 6 heteroatoms. The summed E-state index contributed by atoms with van der Waals surface area (Å²) in [4.78, 5) is 5.22. The van der Waals surface area contributed by atoms with Gasteiger partial charge in [-0.05, 0) is 39.8 Å². The third-order valence-corrected chi connectivity index (χ3v) is 8.04. The molecule has 4 aliphatic heterocycles. The topological polar surface area (TPSA) is 43.4 Å². The fourth-order valence-corrected chi connectivity index (χ4v) is 5.84. The van der Waals surface area contributed by atoms with Gasteiger partial charge >= 0.3 is 0 Å². The van der Waals surface area contributed by atoms with Crippen molar-refractivity contribution in [2.45, 2.75) is 88.6 Å². The van der Waals surface area contributed by atoms with Crippen LogP contribution >= 0.6 is 0 Å². The van der Waals surface area contributed by atoms with Crippen LogP contribution in [-0.2, 0) is 18.9 Å². The number of morpholine rings is 2. The van der Waals surface area contributed by atoms with E-state index in [0.717, 1.165) is 65.4 Å². The molecule has 0 saturated carbocycles. The van der Waals surface area contributed by atoms with E-state index in [9.17, 15) is 0 Å². The summed E-state index contributed by atoms with van der Waals surface area (Å²) in [5.41, 5.74) is -0.0581. The van der Waals surface area contributed by atoms with Gasteiger partial charge in [0.25, 0.3) is 0 Å². The largest absolute Gasteiger partial charge is 0.375 e. The van der Waals surface area contributed by atoms with E-state index in [1.165, 1.54) is 51.6 Å².